The molecule has 16 heavy (non-hydrogen) atoms. The maximum absolute atomic E-state index is 4.52. The highest BCUT2D eigenvalue weighted by Gasteiger charge is 2.07. The predicted molar refractivity (Wildman–Crippen MR) is 66.6 cm³/mol. The highest BCUT2D eigenvalue weighted by molar-refractivity contribution is 5.86. The number of aromatic amines is 1. The van der Waals surface area contributed by atoms with Crippen LogP contribution in [-0.2, 0) is 6.42 Å². The van der Waals surface area contributed by atoms with Crippen LogP contribution in [-0.4, -0.2) is 22.0 Å². The van der Waals surface area contributed by atoms with E-state index in [-0.39, 0.29) is 0 Å². The second-order valence-corrected chi connectivity index (χ2v) is 4.41. The second kappa shape index (κ2) is 4.51. The smallest absolute Gasteiger partial charge is 0.143 e. The maximum atomic E-state index is 4.52. The van der Waals surface area contributed by atoms with E-state index in [0.29, 0.717) is 5.92 Å². The molecule has 2 heterocycles. The van der Waals surface area contributed by atoms with Gasteiger partial charge >= 0.3 is 0 Å². The molecule has 4 heteroatoms. The van der Waals surface area contributed by atoms with Crippen LogP contribution in [0, 0.1) is 5.92 Å². The fourth-order valence-corrected chi connectivity index (χ4v) is 1.71. The van der Waals surface area contributed by atoms with E-state index < -0.39 is 0 Å². The van der Waals surface area contributed by atoms with Gasteiger partial charge in [-0.05, 0) is 18.4 Å². The van der Waals surface area contributed by atoms with Gasteiger partial charge in [0, 0.05) is 19.7 Å². The molecule has 4 nitrogen and oxygen atoms in total. The third kappa shape index (κ3) is 2.15. The van der Waals surface area contributed by atoms with Crippen LogP contribution in [0.4, 0.5) is 5.82 Å². The summed E-state index contributed by atoms with van der Waals surface area (Å²) in [5, 5.41) is 4.16. The number of aryl methyl sites for hydroxylation is 1. The van der Waals surface area contributed by atoms with Crippen molar-refractivity contribution < 1.29 is 0 Å². The fourth-order valence-electron chi connectivity index (χ4n) is 1.71. The molecule has 2 N–H and O–H groups in total. The zero-order valence-electron chi connectivity index (χ0n) is 10.0. The van der Waals surface area contributed by atoms with Gasteiger partial charge in [-0.15, -0.1) is 0 Å². The summed E-state index contributed by atoms with van der Waals surface area (Å²) in [6.45, 7) is 4.43. The lowest BCUT2D eigenvalue weighted by Gasteiger charge is -2.06. The Morgan fingerprint density at radius 3 is 2.88 bits per heavy atom. The first-order valence-electron chi connectivity index (χ1n) is 5.72. The first-order valence-corrected chi connectivity index (χ1v) is 5.72. The summed E-state index contributed by atoms with van der Waals surface area (Å²) in [6.07, 6.45) is 3.95. The molecule has 0 aromatic carbocycles. The molecule has 86 valence electrons. The Labute approximate surface area is 95.5 Å². The van der Waals surface area contributed by atoms with Crippen molar-refractivity contribution in [3.63, 3.8) is 0 Å². The van der Waals surface area contributed by atoms with Gasteiger partial charge in [0.25, 0.3) is 0 Å². The lowest BCUT2D eigenvalue weighted by molar-refractivity contribution is 0.576. The van der Waals surface area contributed by atoms with Crippen LogP contribution >= 0.6 is 0 Å². The van der Waals surface area contributed by atoms with Crippen LogP contribution < -0.4 is 5.32 Å². The van der Waals surface area contributed by atoms with Crippen molar-refractivity contribution in [3.05, 3.63) is 18.1 Å². The molecule has 2 rings (SSSR count). The van der Waals surface area contributed by atoms with Crippen LogP contribution in [0.2, 0.25) is 0 Å². The molecule has 0 fully saturated rings. The molecule has 0 aliphatic carbocycles. The van der Waals surface area contributed by atoms with Crippen molar-refractivity contribution in [1.82, 2.24) is 15.0 Å². The van der Waals surface area contributed by atoms with Crippen LogP contribution in [0.3, 0.4) is 0 Å². The minimum atomic E-state index is 0.681. The largest absolute Gasteiger partial charge is 0.372 e. The van der Waals surface area contributed by atoms with Crippen molar-refractivity contribution >= 4 is 16.9 Å². The first kappa shape index (κ1) is 10.9. The topological polar surface area (TPSA) is 53.6 Å². The average Bonchev–Trinajstić information content (AvgIpc) is 2.73. The fraction of sp³-hybridized carbons (Fsp3) is 0.500. The third-order valence-corrected chi connectivity index (χ3v) is 2.64. The minimum Gasteiger partial charge on any atom is -0.372 e. The van der Waals surface area contributed by atoms with Gasteiger partial charge in [0.05, 0.1) is 5.39 Å². The zero-order valence-corrected chi connectivity index (χ0v) is 10.0. The molecule has 0 unspecified atom stereocenters. The van der Waals surface area contributed by atoms with Gasteiger partial charge in [-0.2, -0.15) is 0 Å². The Hall–Kier alpha value is -1.58. The van der Waals surface area contributed by atoms with E-state index in [0.717, 1.165) is 35.5 Å². The SMILES string of the molecule is CNc1nc(CCC(C)C)nc2[nH]ccc12. The summed E-state index contributed by atoms with van der Waals surface area (Å²) in [6, 6.07) is 1.99. The molecule has 0 radical (unpaired) electrons. The molecule has 0 saturated heterocycles. The van der Waals surface area contributed by atoms with E-state index in [1.807, 2.05) is 19.3 Å². The van der Waals surface area contributed by atoms with Crippen LogP contribution in [0.5, 0.6) is 0 Å². The summed E-state index contributed by atoms with van der Waals surface area (Å²) in [7, 11) is 1.89. The molecule has 0 bridgehead atoms. The Morgan fingerprint density at radius 1 is 1.38 bits per heavy atom. The summed E-state index contributed by atoms with van der Waals surface area (Å²) in [5.74, 6) is 2.50. The second-order valence-electron chi connectivity index (χ2n) is 4.41. The van der Waals surface area contributed by atoms with Crippen LogP contribution in [0.25, 0.3) is 11.0 Å². The molecule has 2 aromatic heterocycles. The van der Waals surface area contributed by atoms with Gasteiger partial charge in [-0.25, -0.2) is 9.97 Å². The number of hydrogen-bond acceptors (Lipinski definition) is 3. The third-order valence-electron chi connectivity index (χ3n) is 2.64. The molecular formula is C12H18N4. The number of fused-ring (bicyclic) bond motifs is 1. The number of hydrogen-bond donors (Lipinski definition) is 2. The zero-order chi connectivity index (χ0) is 11.5. The quantitative estimate of drug-likeness (QED) is 0.829. The first-order chi connectivity index (χ1) is 7.70. The lowest BCUT2D eigenvalue weighted by Crippen LogP contribution is -2.02. The highest BCUT2D eigenvalue weighted by Crippen LogP contribution is 2.19. The Morgan fingerprint density at radius 2 is 2.19 bits per heavy atom. The maximum Gasteiger partial charge on any atom is 0.143 e. The van der Waals surface area contributed by atoms with E-state index in [4.69, 9.17) is 0 Å². The van der Waals surface area contributed by atoms with E-state index in [9.17, 15) is 0 Å². The summed E-state index contributed by atoms with van der Waals surface area (Å²) in [5.41, 5.74) is 0.915. The van der Waals surface area contributed by atoms with Gasteiger partial charge in [0.15, 0.2) is 0 Å². The van der Waals surface area contributed by atoms with E-state index in [1.54, 1.807) is 0 Å². The van der Waals surface area contributed by atoms with Crippen molar-refractivity contribution in [2.45, 2.75) is 26.7 Å². The molecule has 0 saturated carbocycles. The van der Waals surface area contributed by atoms with Crippen molar-refractivity contribution in [2.75, 3.05) is 12.4 Å². The van der Waals surface area contributed by atoms with Gasteiger partial charge in [0.2, 0.25) is 0 Å². The number of H-pyrrole nitrogens is 1. The monoisotopic (exact) mass is 218 g/mol. The Bertz CT molecular complexity index is 473. The normalized spacial score (nSPS) is 11.2. The average molecular weight is 218 g/mol. The molecule has 0 atom stereocenters. The highest BCUT2D eigenvalue weighted by atomic mass is 15.0. The van der Waals surface area contributed by atoms with Crippen molar-refractivity contribution in [3.8, 4) is 0 Å². The van der Waals surface area contributed by atoms with Gasteiger partial charge in [0.1, 0.15) is 17.3 Å². The number of rotatable bonds is 4. The van der Waals surface area contributed by atoms with Crippen LogP contribution in [0.15, 0.2) is 12.3 Å². The molecule has 0 aliphatic rings. The number of aromatic nitrogens is 3. The Balaban J connectivity index is 2.32. The molecular weight excluding hydrogens is 200 g/mol. The van der Waals surface area contributed by atoms with E-state index >= 15 is 0 Å². The van der Waals surface area contributed by atoms with Gasteiger partial charge < -0.3 is 10.3 Å². The molecule has 2 aromatic rings. The standard InChI is InChI=1S/C12H18N4/c1-8(2)4-5-10-15-11(13-3)9-6-7-14-12(9)16-10/h6-8H,4-5H2,1-3H3,(H2,13,14,15,16). The minimum absolute atomic E-state index is 0.681. The summed E-state index contributed by atoms with van der Waals surface area (Å²) in [4.78, 5) is 12.2. The van der Waals surface area contributed by atoms with Crippen LogP contribution in [0.1, 0.15) is 26.1 Å². The molecule has 0 aliphatic heterocycles. The van der Waals surface area contributed by atoms with Crippen molar-refractivity contribution in [1.29, 1.82) is 0 Å². The molecule has 0 amide bonds. The van der Waals surface area contributed by atoms with Gasteiger partial charge in [-0.3, -0.25) is 0 Å². The van der Waals surface area contributed by atoms with Crippen molar-refractivity contribution in [2.24, 2.45) is 5.92 Å². The summed E-state index contributed by atoms with van der Waals surface area (Å²) < 4.78 is 0. The summed E-state index contributed by atoms with van der Waals surface area (Å²) >= 11 is 0. The molecule has 0 spiro atoms. The predicted octanol–water partition coefficient (Wildman–Crippen LogP) is 2.59. The number of nitrogens with zero attached hydrogens (tertiary/aromatic N) is 2. The number of nitrogens with one attached hydrogen (secondary N) is 2. The Kier molecular flexibility index (Phi) is 3.08. The van der Waals surface area contributed by atoms with E-state index in [2.05, 4.69) is 34.1 Å². The van der Waals surface area contributed by atoms with Gasteiger partial charge in [-0.1, -0.05) is 13.8 Å². The lowest BCUT2D eigenvalue weighted by atomic mass is 10.1. The number of anilines is 1. The van der Waals surface area contributed by atoms with E-state index in [1.165, 1.54) is 0 Å².